The minimum Gasteiger partial charge on any atom is -0.307 e. The van der Waals surface area contributed by atoms with Crippen LogP contribution in [-0.4, -0.2) is 32.0 Å². The van der Waals surface area contributed by atoms with Gasteiger partial charge in [-0.15, -0.1) is 10.2 Å². The van der Waals surface area contributed by atoms with Gasteiger partial charge in [0, 0.05) is 17.5 Å². The minimum atomic E-state index is 0.624. The molecule has 0 fully saturated rings. The first-order valence-corrected chi connectivity index (χ1v) is 4.79. The molecule has 0 aliphatic heterocycles. The molecule has 0 aliphatic carbocycles. The summed E-state index contributed by atoms with van der Waals surface area (Å²) < 4.78 is 0. The highest BCUT2D eigenvalue weighted by atomic mass is 16.1. The lowest BCUT2D eigenvalue weighted by atomic mass is 10.2. The van der Waals surface area contributed by atoms with Crippen LogP contribution in [-0.2, 0) is 11.3 Å². The third kappa shape index (κ3) is 2.69. The van der Waals surface area contributed by atoms with Gasteiger partial charge in [0.05, 0.1) is 6.54 Å². The van der Waals surface area contributed by atoms with Crippen molar-refractivity contribution in [2.24, 2.45) is 0 Å². The lowest BCUT2D eigenvalue weighted by molar-refractivity contribution is -0.0979. The summed E-state index contributed by atoms with van der Waals surface area (Å²) in [6.07, 6.45) is 1.76. The predicted octanol–water partition coefficient (Wildman–Crippen LogP) is 0.879. The van der Waals surface area contributed by atoms with Crippen molar-refractivity contribution in [3.05, 3.63) is 24.0 Å². The van der Waals surface area contributed by atoms with Crippen LogP contribution in [0, 0.1) is 6.92 Å². The van der Waals surface area contributed by atoms with Crippen LogP contribution >= 0.6 is 0 Å². The Morgan fingerprint density at radius 1 is 1.38 bits per heavy atom. The lowest BCUT2D eigenvalue weighted by Gasteiger charge is -1.93. The first kappa shape index (κ1) is 12.0. The number of tetrazole rings is 1. The van der Waals surface area contributed by atoms with Crippen LogP contribution in [0.4, 0.5) is 0 Å². The fourth-order valence-electron chi connectivity index (χ4n) is 1.09. The third-order valence-electron chi connectivity index (χ3n) is 1.91. The summed E-state index contributed by atoms with van der Waals surface area (Å²) in [6, 6.07) is 3.88. The van der Waals surface area contributed by atoms with Gasteiger partial charge in [0.1, 0.15) is 6.79 Å². The van der Waals surface area contributed by atoms with Gasteiger partial charge in [0.25, 0.3) is 0 Å². The summed E-state index contributed by atoms with van der Waals surface area (Å²) in [6.45, 7) is 6.64. The molecule has 2 aromatic rings. The zero-order chi connectivity index (χ0) is 12.0. The van der Waals surface area contributed by atoms with Crippen LogP contribution in [0.3, 0.4) is 0 Å². The van der Waals surface area contributed by atoms with E-state index in [-0.39, 0.29) is 0 Å². The van der Waals surface area contributed by atoms with Crippen molar-refractivity contribution in [2.45, 2.75) is 20.4 Å². The van der Waals surface area contributed by atoms with E-state index in [9.17, 15) is 0 Å². The Bertz CT molecular complexity index is 437. The summed E-state index contributed by atoms with van der Waals surface area (Å²) in [5.74, 6) is 0.624. The molecule has 0 amide bonds. The van der Waals surface area contributed by atoms with E-state index >= 15 is 0 Å². The van der Waals surface area contributed by atoms with E-state index in [2.05, 4.69) is 20.4 Å². The van der Waals surface area contributed by atoms with Gasteiger partial charge in [-0.3, -0.25) is 4.98 Å². The van der Waals surface area contributed by atoms with E-state index in [1.807, 2.05) is 32.8 Å². The SMILES string of the molecule is C=O.CCn1nnc(-c2ccc(C)nc2)n1. The van der Waals surface area contributed by atoms with Crippen molar-refractivity contribution in [1.82, 2.24) is 25.2 Å². The molecule has 6 nitrogen and oxygen atoms in total. The number of carbonyl (C=O) groups is 1. The van der Waals surface area contributed by atoms with Crippen LogP contribution in [0.25, 0.3) is 11.4 Å². The molecule has 0 unspecified atom stereocenters. The normalized spacial score (nSPS) is 9.38. The summed E-state index contributed by atoms with van der Waals surface area (Å²) in [5, 5.41) is 12.0. The quantitative estimate of drug-likeness (QED) is 0.749. The van der Waals surface area contributed by atoms with E-state index in [4.69, 9.17) is 4.79 Å². The monoisotopic (exact) mass is 219 g/mol. The number of nitrogens with zero attached hydrogens (tertiary/aromatic N) is 5. The average molecular weight is 219 g/mol. The number of aryl methyl sites for hydroxylation is 2. The Hall–Kier alpha value is -2.11. The number of rotatable bonds is 2. The summed E-state index contributed by atoms with van der Waals surface area (Å²) in [4.78, 5) is 13.7. The molecular weight excluding hydrogens is 206 g/mol. The molecule has 6 heteroatoms. The highest BCUT2D eigenvalue weighted by molar-refractivity contribution is 5.51. The molecule has 0 aromatic carbocycles. The zero-order valence-electron chi connectivity index (χ0n) is 9.29. The maximum atomic E-state index is 8.00. The molecule has 0 saturated heterocycles. The van der Waals surface area contributed by atoms with Crippen molar-refractivity contribution in [3.8, 4) is 11.4 Å². The highest BCUT2D eigenvalue weighted by Crippen LogP contribution is 2.11. The van der Waals surface area contributed by atoms with Crippen LogP contribution in [0.1, 0.15) is 12.6 Å². The number of carbonyl (C=O) groups excluding carboxylic acids is 1. The Morgan fingerprint density at radius 3 is 2.62 bits per heavy atom. The molecule has 0 bridgehead atoms. The van der Waals surface area contributed by atoms with Crippen molar-refractivity contribution in [2.75, 3.05) is 0 Å². The summed E-state index contributed by atoms with van der Waals surface area (Å²) in [7, 11) is 0. The van der Waals surface area contributed by atoms with E-state index in [1.165, 1.54) is 0 Å². The molecule has 0 spiro atoms. The second kappa shape index (κ2) is 5.69. The molecule has 0 N–H and O–H groups in total. The number of hydrogen-bond acceptors (Lipinski definition) is 5. The second-order valence-corrected chi connectivity index (χ2v) is 2.99. The van der Waals surface area contributed by atoms with Crippen molar-refractivity contribution in [3.63, 3.8) is 0 Å². The second-order valence-electron chi connectivity index (χ2n) is 2.99. The molecule has 2 aromatic heterocycles. The van der Waals surface area contributed by atoms with Gasteiger partial charge in [0.15, 0.2) is 0 Å². The number of pyridine rings is 1. The van der Waals surface area contributed by atoms with E-state index in [0.29, 0.717) is 5.82 Å². The third-order valence-corrected chi connectivity index (χ3v) is 1.91. The van der Waals surface area contributed by atoms with E-state index < -0.39 is 0 Å². The zero-order valence-corrected chi connectivity index (χ0v) is 9.29. The first-order chi connectivity index (χ1) is 7.79. The fraction of sp³-hybridized carbons (Fsp3) is 0.300. The standard InChI is InChI=1S/C9H11N5.CH2O/c1-3-14-12-9(11-13-14)8-5-4-7(2)10-6-8;1-2/h4-6H,3H2,1-2H3;1H2. The van der Waals surface area contributed by atoms with Gasteiger partial charge < -0.3 is 4.79 Å². The molecule has 2 rings (SSSR count). The van der Waals surface area contributed by atoms with Gasteiger partial charge in [0.2, 0.25) is 5.82 Å². The fourth-order valence-corrected chi connectivity index (χ4v) is 1.09. The van der Waals surface area contributed by atoms with Crippen molar-refractivity contribution in [1.29, 1.82) is 0 Å². The average Bonchev–Trinajstić information content (AvgIpc) is 2.81. The molecule has 0 aliphatic rings. The van der Waals surface area contributed by atoms with Crippen LogP contribution < -0.4 is 0 Å². The lowest BCUT2D eigenvalue weighted by Crippen LogP contribution is -1.98. The Morgan fingerprint density at radius 2 is 2.12 bits per heavy atom. The van der Waals surface area contributed by atoms with Crippen molar-refractivity contribution < 1.29 is 4.79 Å². The smallest absolute Gasteiger partial charge is 0.206 e. The predicted molar refractivity (Wildman–Crippen MR) is 58.6 cm³/mol. The number of hydrogen-bond donors (Lipinski definition) is 0. The van der Waals surface area contributed by atoms with Crippen LogP contribution in [0.5, 0.6) is 0 Å². The van der Waals surface area contributed by atoms with E-state index in [0.717, 1.165) is 17.8 Å². The largest absolute Gasteiger partial charge is 0.307 e. The van der Waals surface area contributed by atoms with Gasteiger partial charge in [-0.2, -0.15) is 4.80 Å². The van der Waals surface area contributed by atoms with Gasteiger partial charge >= 0.3 is 0 Å². The molecule has 0 saturated carbocycles. The highest BCUT2D eigenvalue weighted by Gasteiger charge is 2.04. The molecular formula is C10H13N5O. The Balaban J connectivity index is 0.000000606. The Labute approximate surface area is 93.3 Å². The first-order valence-electron chi connectivity index (χ1n) is 4.79. The summed E-state index contributed by atoms with van der Waals surface area (Å²) >= 11 is 0. The molecule has 84 valence electrons. The maximum absolute atomic E-state index is 8.00. The molecule has 0 radical (unpaired) electrons. The van der Waals surface area contributed by atoms with Gasteiger partial charge in [-0.05, 0) is 31.2 Å². The van der Waals surface area contributed by atoms with Gasteiger partial charge in [-0.25, -0.2) is 0 Å². The van der Waals surface area contributed by atoms with E-state index in [1.54, 1.807) is 11.0 Å². The maximum Gasteiger partial charge on any atom is 0.206 e. The summed E-state index contributed by atoms with van der Waals surface area (Å²) in [5.41, 5.74) is 1.88. The molecule has 0 atom stereocenters. The molecule has 16 heavy (non-hydrogen) atoms. The number of aromatic nitrogens is 5. The Kier molecular flexibility index (Phi) is 4.26. The van der Waals surface area contributed by atoms with Crippen LogP contribution in [0.2, 0.25) is 0 Å². The van der Waals surface area contributed by atoms with Gasteiger partial charge in [-0.1, -0.05) is 0 Å². The molecule has 2 heterocycles. The van der Waals surface area contributed by atoms with Crippen molar-refractivity contribution >= 4 is 6.79 Å². The topological polar surface area (TPSA) is 73.6 Å². The minimum absolute atomic E-state index is 0.624. The van der Waals surface area contributed by atoms with Crippen LogP contribution in [0.15, 0.2) is 18.3 Å².